The third kappa shape index (κ3) is 4.76. The first-order valence-electron chi connectivity index (χ1n) is 7.33. The van der Waals surface area contributed by atoms with Crippen LogP contribution in [0, 0.1) is 0 Å². The number of nitrogens with zero attached hydrogens (tertiary/aromatic N) is 1. The quantitative estimate of drug-likeness (QED) is 0.846. The van der Waals surface area contributed by atoms with E-state index in [0.717, 1.165) is 18.1 Å². The fourth-order valence-electron chi connectivity index (χ4n) is 2.32. The molecule has 0 radical (unpaired) electrons. The predicted octanol–water partition coefficient (Wildman–Crippen LogP) is 4.47. The second kappa shape index (κ2) is 7.48. The van der Waals surface area contributed by atoms with Crippen LogP contribution in [0.2, 0.25) is 5.02 Å². The maximum Gasteiger partial charge on any atom is 0.0426 e. The third-order valence-electron chi connectivity index (χ3n) is 3.42. The van der Waals surface area contributed by atoms with Gasteiger partial charge in [-0.1, -0.05) is 55.8 Å². The molecule has 112 valence electrons. The molecule has 0 saturated heterocycles. The minimum absolute atomic E-state index is 0.455. The van der Waals surface area contributed by atoms with E-state index in [2.05, 4.69) is 61.4 Å². The van der Waals surface area contributed by atoms with E-state index < -0.39 is 0 Å². The zero-order valence-electron chi connectivity index (χ0n) is 12.9. The van der Waals surface area contributed by atoms with Crippen LogP contribution in [0.25, 0.3) is 0 Å². The molecule has 0 saturated carbocycles. The summed E-state index contributed by atoms with van der Waals surface area (Å²) in [5.41, 5.74) is 3.75. The molecule has 0 spiro atoms. The van der Waals surface area contributed by atoms with Gasteiger partial charge in [0.1, 0.15) is 0 Å². The molecule has 3 heteroatoms. The highest BCUT2D eigenvalue weighted by atomic mass is 35.5. The van der Waals surface area contributed by atoms with Gasteiger partial charge in [0.25, 0.3) is 0 Å². The van der Waals surface area contributed by atoms with Crippen molar-refractivity contribution >= 4 is 17.3 Å². The largest absolute Gasteiger partial charge is 0.370 e. The van der Waals surface area contributed by atoms with E-state index in [1.807, 2.05) is 18.2 Å². The molecule has 0 aliphatic rings. The lowest BCUT2D eigenvalue weighted by molar-refractivity contribution is 0.588. The van der Waals surface area contributed by atoms with Gasteiger partial charge in [-0.3, -0.25) is 0 Å². The first kappa shape index (κ1) is 15.9. The van der Waals surface area contributed by atoms with Crippen molar-refractivity contribution in [3.63, 3.8) is 0 Å². The molecule has 2 rings (SSSR count). The maximum atomic E-state index is 6.15. The smallest absolute Gasteiger partial charge is 0.0426 e. The summed E-state index contributed by atoms with van der Waals surface area (Å²) in [5.74, 6) is 0. The number of benzene rings is 2. The van der Waals surface area contributed by atoms with Gasteiger partial charge in [0.2, 0.25) is 0 Å². The predicted molar refractivity (Wildman–Crippen MR) is 92.0 cm³/mol. The first-order chi connectivity index (χ1) is 10.1. The minimum atomic E-state index is 0.455. The average molecular weight is 303 g/mol. The van der Waals surface area contributed by atoms with Crippen LogP contribution < -0.4 is 10.2 Å². The number of nitrogens with one attached hydrogen (secondary N) is 1. The van der Waals surface area contributed by atoms with Gasteiger partial charge < -0.3 is 10.2 Å². The van der Waals surface area contributed by atoms with Gasteiger partial charge in [-0.05, 0) is 29.3 Å². The van der Waals surface area contributed by atoms with Crippen molar-refractivity contribution in [2.24, 2.45) is 0 Å². The summed E-state index contributed by atoms with van der Waals surface area (Å²) in [6.07, 6.45) is 0. The van der Waals surface area contributed by atoms with Gasteiger partial charge >= 0.3 is 0 Å². The summed E-state index contributed by atoms with van der Waals surface area (Å²) >= 11 is 6.15. The molecule has 0 aliphatic carbocycles. The lowest BCUT2D eigenvalue weighted by atomic mass is 10.1. The normalized spacial score (nSPS) is 10.9. The van der Waals surface area contributed by atoms with Crippen LogP contribution in [-0.2, 0) is 13.1 Å². The number of anilines is 1. The van der Waals surface area contributed by atoms with Crippen LogP contribution in [0.4, 0.5) is 5.69 Å². The van der Waals surface area contributed by atoms with E-state index in [0.29, 0.717) is 6.04 Å². The molecule has 2 aromatic carbocycles. The van der Waals surface area contributed by atoms with E-state index in [-0.39, 0.29) is 0 Å². The Morgan fingerprint density at radius 3 is 2.48 bits per heavy atom. The molecule has 0 atom stereocenters. The maximum absolute atomic E-state index is 6.15. The van der Waals surface area contributed by atoms with Gasteiger partial charge in [-0.2, -0.15) is 0 Å². The molecule has 0 bridgehead atoms. The van der Waals surface area contributed by atoms with Crippen molar-refractivity contribution in [3.05, 3.63) is 64.7 Å². The first-order valence-corrected chi connectivity index (χ1v) is 7.71. The number of hydrogen-bond acceptors (Lipinski definition) is 2. The van der Waals surface area contributed by atoms with Crippen LogP contribution in [-0.4, -0.2) is 13.1 Å². The van der Waals surface area contributed by atoms with E-state index in [4.69, 9.17) is 11.6 Å². The summed E-state index contributed by atoms with van der Waals surface area (Å²) in [6.45, 7) is 6.01. The van der Waals surface area contributed by atoms with E-state index in [9.17, 15) is 0 Å². The van der Waals surface area contributed by atoms with Crippen LogP contribution in [0.1, 0.15) is 25.0 Å². The lowest BCUT2D eigenvalue weighted by Crippen LogP contribution is -2.24. The topological polar surface area (TPSA) is 15.3 Å². The number of halogens is 1. The summed E-state index contributed by atoms with van der Waals surface area (Å²) < 4.78 is 0. The molecule has 0 aromatic heterocycles. The standard InChI is InChI=1S/C18H23ClN2/c1-14(2)20-12-16-11-17(19)9-10-18(16)21(3)13-15-7-5-4-6-8-15/h4-11,14,20H,12-13H2,1-3H3. The molecular formula is C18H23ClN2. The number of hydrogen-bond donors (Lipinski definition) is 1. The second-order valence-corrected chi connectivity index (χ2v) is 6.09. The highest BCUT2D eigenvalue weighted by Crippen LogP contribution is 2.25. The molecule has 2 nitrogen and oxygen atoms in total. The Kier molecular flexibility index (Phi) is 5.66. The zero-order valence-corrected chi connectivity index (χ0v) is 13.7. The van der Waals surface area contributed by atoms with Crippen LogP contribution >= 0.6 is 11.6 Å². The molecule has 0 aliphatic heterocycles. The monoisotopic (exact) mass is 302 g/mol. The molecule has 21 heavy (non-hydrogen) atoms. The Balaban J connectivity index is 2.17. The average Bonchev–Trinajstić information content (AvgIpc) is 2.46. The molecule has 2 aromatic rings. The zero-order chi connectivity index (χ0) is 15.2. The van der Waals surface area contributed by atoms with Gasteiger partial charge in [-0.25, -0.2) is 0 Å². The Labute approximate surface area is 132 Å². The molecule has 1 N–H and O–H groups in total. The third-order valence-corrected chi connectivity index (χ3v) is 3.65. The Bertz CT molecular complexity index is 567. The van der Waals surface area contributed by atoms with Gasteiger partial charge in [0, 0.05) is 36.9 Å². The summed E-state index contributed by atoms with van der Waals surface area (Å²) in [6, 6.07) is 17.1. The van der Waals surface area contributed by atoms with Crippen molar-refractivity contribution in [2.75, 3.05) is 11.9 Å². The van der Waals surface area contributed by atoms with Crippen LogP contribution in [0.5, 0.6) is 0 Å². The Morgan fingerprint density at radius 2 is 1.81 bits per heavy atom. The van der Waals surface area contributed by atoms with Gasteiger partial charge in [0.15, 0.2) is 0 Å². The van der Waals surface area contributed by atoms with Crippen molar-refractivity contribution in [1.29, 1.82) is 0 Å². The van der Waals surface area contributed by atoms with Crippen molar-refractivity contribution < 1.29 is 0 Å². The Hall–Kier alpha value is -1.51. The minimum Gasteiger partial charge on any atom is -0.370 e. The fraction of sp³-hybridized carbons (Fsp3) is 0.333. The number of rotatable bonds is 6. The van der Waals surface area contributed by atoms with Crippen LogP contribution in [0.15, 0.2) is 48.5 Å². The highest BCUT2D eigenvalue weighted by molar-refractivity contribution is 6.30. The molecule has 0 amide bonds. The molecule has 0 heterocycles. The second-order valence-electron chi connectivity index (χ2n) is 5.65. The van der Waals surface area contributed by atoms with Crippen molar-refractivity contribution in [2.45, 2.75) is 33.0 Å². The van der Waals surface area contributed by atoms with Gasteiger partial charge in [-0.15, -0.1) is 0 Å². The summed E-state index contributed by atoms with van der Waals surface area (Å²) in [4.78, 5) is 2.27. The van der Waals surface area contributed by atoms with Crippen molar-refractivity contribution in [3.8, 4) is 0 Å². The van der Waals surface area contributed by atoms with E-state index >= 15 is 0 Å². The summed E-state index contributed by atoms with van der Waals surface area (Å²) in [7, 11) is 2.12. The summed E-state index contributed by atoms with van der Waals surface area (Å²) in [5, 5.41) is 4.25. The van der Waals surface area contributed by atoms with Crippen molar-refractivity contribution in [1.82, 2.24) is 5.32 Å². The molecular weight excluding hydrogens is 280 g/mol. The van der Waals surface area contributed by atoms with Gasteiger partial charge in [0.05, 0.1) is 0 Å². The molecule has 0 unspecified atom stereocenters. The SMILES string of the molecule is CC(C)NCc1cc(Cl)ccc1N(C)Cc1ccccc1. The highest BCUT2D eigenvalue weighted by Gasteiger charge is 2.09. The molecule has 0 fully saturated rings. The Morgan fingerprint density at radius 1 is 1.10 bits per heavy atom. The fourth-order valence-corrected chi connectivity index (χ4v) is 2.52. The lowest BCUT2D eigenvalue weighted by Gasteiger charge is -2.23. The van der Waals surface area contributed by atoms with Crippen LogP contribution in [0.3, 0.4) is 0 Å². The van der Waals surface area contributed by atoms with E-state index in [1.54, 1.807) is 0 Å². The van der Waals surface area contributed by atoms with E-state index in [1.165, 1.54) is 16.8 Å².